The summed E-state index contributed by atoms with van der Waals surface area (Å²) in [7, 11) is 0. The fourth-order valence-electron chi connectivity index (χ4n) is 1.06. The average molecular weight is 184 g/mol. The SMILES string of the molecule is Cc1cnc(Cl)c2ccsc12. The highest BCUT2D eigenvalue weighted by atomic mass is 35.5. The molecule has 3 heteroatoms. The number of fused-ring (bicyclic) bond motifs is 1. The number of aromatic nitrogens is 1. The molecule has 0 bridgehead atoms. The number of pyridine rings is 1. The summed E-state index contributed by atoms with van der Waals surface area (Å²) in [4.78, 5) is 4.05. The van der Waals surface area contributed by atoms with Crippen molar-refractivity contribution in [3.05, 3.63) is 28.4 Å². The number of rotatable bonds is 0. The van der Waals surface area contributed by atoms with E-state index in [9.17, 15) is 0 Å². The zero-order valence-corrected chi connectivity index (χ0v) is 7.54. The highest BCUT2D eigenvalue weighted by molar-refractivity contribution is 7.17. The van der Waals surface area contributed by atoms with Gasteiger partial charge in [0.15, 0.2) is 0 Å². The summed E-state index contributed by atoms with van der Waals surface area (Å²) in [6, 6.07) is 2.00. The maximum Gasteiger partial charge on any atom is 0.137 e. The van der Waals surface area contributed by atoms with Gasteiger partial charge in [0.2, 0.25) is 0 Å². The van der Waals surface area contributed by atoms with Crippen molar-refractivity contribution < 1.29 is 0 Å². The van der Waals surface area contributed by atoms with Crippen molar-refractivity contribution in [3.8, 4) is 0 Å². The van der Waals surface area contributed by atoms with Gasteiger partial charge in [0.25, 0.3) is 0 Å². The van der Waals surface area contributed by atoms with Crippen molar-refractivity contribution in [2.24, 2.45) is 0 Å². The van der Waals surface area contributed by atoms with Crippen LogP contribution in [0.3, 0.4) is 0 Å². The van der Waals surface area contributed by atoms with Gasteiger partial charge in [-0.3, -0.25) is 0 Å². The maximum atomic E-state index is 5.87. The molecule has 0 amide bonds. The number of thiophene rings is 1. The van der Waals surface area contributed by atoms with Gasteiger partial charge in [0, 0.05) is 16.3 Å². The van der Waals surface area contributed by atoms with Crippen molar-refractivity contribution in [2.45, 2.75) is 6.92 Å². The monoisotopic (exact) mass is 183 g/mol. The molecular formula is C8H6ClNS. The van der Waals surface area contributed by atoms with E-state index in [-0.39, 0.29) is 0 Å². The molecule has 0 N–H and O–H groups in total. The molecule has 2 rings (SSSR count). The topological polar surface area (TPSA) is 12.9 Å². The van der Waals surface area contributed by atoms with Crippen LogP contribution in [-0.2, 0) is 0 Å². The first kappa shape index (κ1) is 7.07. The second kappa shape index (κ2) is 2.47. The van der Waals surface area contributed by atoms with Crippen LogP contribution in [0.2, 0.25) is 5.15 Å². The lowest BCUT2D eigenvalue weighted by Crippen LogP contribution is -1.77. The van der Waals surface area contributed by atoms with Crippen molar-refractivity contribution in [1.29, 1.82) is 0 Å². The van der Waals surface area contributed by atoms with Crippen LogP contribution in [-0.4, -0.2) is 4.98 Å². The standard InChI is InChI=1S/C8H6ClNS/c1-5-4-10-8(9)6-2-3-11-7(5)6/h2-4H,1H3. The first-order chi connectivity index (χ1) is 5.29. The van der Waals surface area contributed by atoms with Gasteiger partial charge in [-0.25, -0.2) is 4.98 Å². The molecule has 0 saturated heterocycles. The van der Waals surface area contributed by atoms with Crippen LogP contribution in [0, 0.1) is 6.92 Å². The Morgan fingerprint density at radius 1 is 1.55 bits per heavy atom. The molecule has 0 atom stereocenters. The predicted molar refractivity (Wildman–Crippen MR) is 49.4 cm³/mol. The molecule has 2 heterocycles. The molecule has 0 saturated carbocycles. The van der Waals surface area contributed by atoms with E-state index in [2.05, 4.69) is 4.98 Å². The maximum absolute atomic E-state index is 5.87. The molecule has 0 radical (unpaired) electrons. The average Bonchev–Trinajstić information content (AvgIpc) is 2.45. The van der Waals surface area contributed by atoms with E-state index in [1.165, 1.54) is 10.3 Å². The van der Waals surface area contributed by atoms with Crippen LogP contribution in [0.1, 0.15) is 5.56 Å². The third-order valence-electron chi connectivity index (χ3n) is 1.62. The minimum Gasteiger partial charge on any atom is -0.244 e. The molecule has 2 aromatic rings. The van der Waals surface area contributed by atoms with Crippen LogP contribution in [0.25, 0.3) is 10.1 Å². The summed E-state index contributed by atoms with van der Waals surface area (Å²) in [5.74, 6) is 0. The molecule has 0 spiro atoms. The van der Waals surface area contributed by atoms with E-state index in [1.54, 1.807) is 17.5 Å². The van der Waals surface area contributed by atoms with Gasteiger partial charge in [0.1, 0.15) is 5.15 Å². The predicted octanol–water partition coefficient (Wildman–Crippen LogP) is 3.26. The van der Waals surface area contributed by atoms with E-state index in [1.807, 2.05) is 18.4 Å². The summed E-state index contributed by atoms with van der Waals surface area (Å²) in [6.07, 6.45) is 1.81. The Bertz CT molecular complexity index is 358. The molecule has 11 heavy (non-hydrogen) atoms. The van der Waals surface area contributed by atoms with Gasteiger partial charge >= 0.3 is 0 Å². The number of nitrogens with zero attached hydrogens (tertiary/aromatic N) is 1. The minimum absolute atomic E-state index is 0.604. The Morgan fingerprint density at radius 2 is 2.36 bits per heavy atom. The summed E-state index contributed by atoms with van der Waals surface area (Å²) >= 11 is 7.57. The lowest BCUT2D eigenvalue weighted by atomic mass is 10.2. The molecule has 1 nitrogen and oxygen atoms in total. The number of aryl methyl sites for hydroxylation is 1. The number of hydrogen-bond acceptors (Lipinski definition) is 2. The molecule has 0 aliphatic carbocycles. The van der Waals surface area contributed by atoms with E-state index in [0.29, 0.717) is 5.15 Å². The van der Waals surface area contributed by atoms with Crippen molar-refractivity contribution in [1.82, 2.24) is 4.98 Å². The minimum atomic E-state index is 0.604. The fourth-order valence-corrected chi connectivity index (χ4v) is 2.19. The van der Waals surface area contributed by atoms with Crippen LogP contribution < -0.4 is 0 Å². The Labute approximate surface area is 73.6 Å². The molecule has 56 valence electrons. The third-order valence-corrected chi connectivity index (χ3v) is 2.97. The Hall–Kier alpha value is -0.600. The van der Waals surface area contributed by atoms with E-state index < -0.39 is 0 Å². The molecule has 0 aromatic carbocycles. The molecule has 0 aliphatic heterocycles. The first-order valence-corrected chi connectivity index (χ1v) is 4.53. The number of hydrogen-bond donors (Lipinski definition) is 0. The van der Waals surface area contributed by atoms with E-state index >= 15 is 0 Å². The van der Waals surface area contributed by atoms with Crippen LogP contribution in [0.5, 0.6) is 0 Å². The first-order valence-electron chi connectivity index (χ1n) is 3.27. The second-order valence-corrected chi connectivity index (χ2v) is 3.67. The van der Waals surface area contributed by atoms with Gasteiger partial charge in [-0.05, 0) is 23.9 Å². The molecule has 0 fully saturated rings. The van der Waals surface area contributed by atoms with Gasteiger partial charge in [-0.15, -0.1) is 11.3 Å². The zero-order chi connectivity index (χ0) is 7.84. The van der Waals surface area contributed by atoms with Gasteiger partial charge in [-0.1, -0.05) is 11.6 Å². The lowest BCUT2D eigenvalue weighted by molar-refractivity contribution is 1.32. The molecule has 2 aromatic heterocycles. The smallest absolute Gasteiger partial charge is 0.137 e. The largest absolute Gasteiger partial charge is 0.244 e. The summed E-state index contributed by atoms with van der Waals surface area (Å²) in [5.41, 5.74) is 1.19. The molecule has 0 aliphatic rings. The van der Waals surface area contributed by atoms with Gasteiger partial charge in [-0.2, -0.15) is 0 Å². The normalized spacial score (nSPS) is 10.7. The zero-order valence-electron chi connectivity index (χ0n) is 5.97. The van der Waals surface area contributed by atoms with Gasteiger partial charge in [0.05, 0.1) is 0 Å². The summed E-state index contributed by atoms with van der Waals surface area (Å²) in [6.45, 7) is 2.04. The molecule has 0 unspecified atom stereocenters. The fraction of sp³-hybridized carbons (Fsp3) is 0.125. The van der Waals surface area contributed by atoms with Crippen LogP contribution >= 0.6 is 22.9 Å². The van der Waals surface area contributed by atoms with Crippen molar-refractivity contribution in [3.63, 3.8) is 0 Å². The quantitative estimate of drug-likeness (QED) is 0.572. The van der Waals surface area contributed by atoms with Gasteiger partial charge < -0.3 is 0 Å². The van der Waals surface area contributed by atoms with Crippen molar-refractivity contribution >= 4 is 33.0 Å². The Balaban J connectivity index is 2.96. The number of halogens is 1. The van der Waals surface area contributed by atoms with E-state index in [0.717, 1.165) is 5.39 Å². The molecular weight excluding hydrogens is 178 g/mol. The summed E-state index contributed by atoms with van der Waals surface area (Å²) < 4.78 is 1.24. The summed E-state index contributed by atoms with van der Waals surface area (Å²) in [5, 5.41) is 3.70. The second-order valence-electron chi connectivity index (χ2n) is 2.40. The Morgan fingerprint density at radius 3 is 3.09 bits per heavy atom. The lowest BCUT2D eigenvalue weighted by Gasteiger charge is -1.95. The van der Waals surface area contributed by atoms with Crippen LogP contribution in [0.15, 0.2) is 17.6 Å². The van der Waals surface area contributed by atoms with Crippen LogP contribution in [0.4, 0.5) is 0 Å². The third kappa shape index (κ3) is 1.03. The van der Waals surface area contributed by atoms with Crippen molar-refractivity contribution in [2.75, 3.05) is 0 Å². The Kier molecular flexibility index (Phi) is 1.59. The van der Waals surface area contributed by atoms with E-state index in [4.69, 9.17) is 11.6 Å². The highest BCUT2D eigenvalue weighted by Gasteiger charge is 2.02. The highest BCUT2D eigenvalue weighted by Crippen LogP contribution is 2.28.